The van der Waals surface area contributed by atoms with Crippen LogP contribution in [0.15, 0.2) is 36.4 Å². The molecule has 0 fully saturated rings. The lowest BCUT2D eigenvalue weighted by atomic mass is 9.90. The van der Waals surface area contributed by atoms with Crippen LogP contribution >= 0.6 is 0 Å². The topological polar surface area (TPSA) is 76.7 Å². The van der Waals surface area contributed by atoms with Crippen LogP contribution in [-0.2, 0) is 9.59 Å². The third kappa shape index (κ3) is 4.52. The van der Waals surface area contributed by atoms with Gasteiger partial charge in [0, 0.05) is 23.5 Å². The molecule has 144 valence electrons. The summed E-state index contributed by atoms with van der Waals surface area (Å²) >= 11 is 0. The lowest BCUT2D eigenvalue weighted by Crippen LogP contribution is -2.41. The quantitative estimate of drug-likeness (QED) is 0.754. The van der Waals surface area contributed by atoms with Gasteiger partial charge in [0.05, 0.1) is 14.2 Å². The number of carbonyl (C=O) groups is 2. The van der Waals surface area contributed by atoms with Gasteiger partial charge in [-0.3, -0.25) is 9.59 Å². The van der Waals surface area contributed by atoms with Crippen LogP contribution in [0.3, 0.4) is 0 Å². The van der Waals surface area contributed by atoms with Crippen molar-refractivity contribution in [3.63, 3.8) is 0 Å². The van der Waals surface area contributed by atoms with Crippen molar-refractivity contribution in [2.45, 2.75) is 13.8 Å². The summed E-state index contributed by atoms with van der Waals surface area (Å²) in [5.74, 6) is -2.48. The van der Waals surface area contributed by atoms with E-state index in [2.05, 4.69) is 10.6 Å². The summed E-state index contributed by atoms with van der Waals surface area (Å²) < 4.78 is 36.6. The lowest BCUT2D eigenvalue weighted by molar-refractivity contribution is -0.135. The van der Waals surface area contributed by atoms with Gasteiger partial charge in [-0.15, -0.1) is 0 Å². The molecule has 0 aliphatic heterocycles. The number of carbonyl (C=O) groups excluding carboxylic acids is 2. The molecule has 0 unspecified atom stereocenters. The Kier molecular flexibility index (Phi) is 5.99. The minimum atomic E-state index is -1.49. The fourth-order valence-corrected chi connectivity index (χ4v) is 2.17. The number of rotatable bonds is 6. The van der Waals surface area contributed by atoms with Crippen molar-refractivity contribution >= 4 is 23.2 Å². The van der Waals surface area contributed by atoms with Crippen molar-refractivity contribution < 1.29 is 27.8 Å². The molecule has 2 aromatic rings. The van der Waals surface area contributed by atoms with E-state index < -0.39 is 28.9 Å². The molecule has 2 aromatic carbocycles. The Balaban J connectivity index is 2.13. The predicted octanol–water partition coefficient (Wildman–Crippen LogP) is 3.59. The fraction of sp³-hybridized carbons (Fsp3) is 0.263. The van der Waals surface area contributed by atoms with Crippen molar-refractivity contribution in [2.24, 2.45) is 5.41 Å². The van der Waals surface area contributed by atoms with Gasteiger partial charge in [-0.25, -0.2) is 8.78 Å². The summed E-state index contributed by atoms with van der Waals surface area (Å²) in [6.45, 7) is 2.83. The van der Waals surface area contributed by atoms with E-state index in [-0.39, 0.29) is 5.69 Å². The van der Waals surface area contributed by atoms with E-state index in [0.29, 0.717) is 17.2 Å². The van der Waals surface area contributed by atoms with Crippen LogP contribution in [-0.4, -0.2) is 26.0 Å². The Bertz CT molecular complexity index is 869. The second kappa shape index (κ2) is 8.03. The summed E-state index contributed by atoms with van der Waals surface area (Å²) in [4.78, 5) is 25.0. The number of halogens is 2. The van der Waals surface area contributed by atoms with Crippen LogP contribution in [0.5, 0.6) is 11.5 Å². The molecule has 0 spiro atoms. The molecule has 0 aliphatic rings. The first kappa shape index (κ1) is 20.2. The molecule has 0 radical (unpaired) electrons. The lowest BCUT2D eigenvalue weighted by Gasteiger charge is -2.23. The normalized spacial score (nSPS) is 10.9. The van der Waals surface area contributed by atoms with Gasteiger partial charge in [0.25, 0.3) is 0 Å². The summed E-state index contributed by atoms with van der Waals surface area (Å²) in [6.07, 6.45) is 0. The number of benzene rings is 2. The monoisotopic (exact) mass is 378 g/mol. The van der Waals surface area contributed by atoms with Gasteiger partial charge >= 0.3 is 0 Å². The average molecular weight is 378 g/mol. The van der Waals surface area contributed by atoms with Crippen LogP contribution in [0.2, 0.25) is 0 Å². The highest BCUT2D eigenvalue weighted by Crippen LogP contribution is 2.31. The Hall–Kier alpha value is -3.16. The van der Waals surface area contributed by atoms with E-state index in [1.807, 2.05) is 0 Å². The van der Waals surface area contributed by atoms with Crippen molar-refractivity contribution in [3.8, 4) is 11.5 Å². The molecule has 2 N–H and O–H groups in total. The molecule has 0 aliphatic carbocycles. The van der Waals surface area contributed by atoms with Crippen LogP contribution in [0.4, 0.5) is 20.2 Å². The highest BCUT2D eigenvalue weighted by molar-refractivity contribution is 6.14. The minimum absolute atomic E-state index is 0.0471. The first-order valence-electron chi connectivity index (χ1n) is 7.99. The molecular formula is C19H20F2N2O4. The Morgan fingerprint density at radius 3 is 1.85 bits per heavy atom. The maximum atomic E-state index is 13.3. The third-order valence-electron chi connectivity index (χ3n) is 3.95. The minimum Gasteiger partial charge on any atom is -0.493 e. The zero-order valence-electron chi connectivity index (χ0n) is 15.4. The first-order valence-corrected chi connectivity index (χ1v) is 7.99. The second-order valence-corrected chi connectivity index (χ2v) is 6.23. The van der Waals surface area contributed by atoms with Crippen molar-refractivity contribution in [2.75, 3.05) is 24.9 Å². The number of ether oxygens (including phenoxy) is 2. The zero-order valence-corrected chi connectivity index (χ0v) is 15.4. The molecule has 0 atom stereocenters. The van der Waals surface area contributed by atoms with Crippen molar-refractivity contribution in [1.82, 2.24) is 0 Å². The molecule has 0 bridgehead atoms. The summed E-state index contributed by atoms with van der Waals surface area (Å²) in [7, 11) is 2.95. The molecule has 2 rings (SSSR count). The molecular weight excluding hydrogens is 358 g/mol. The van der Waals surface area contributed by atoms with E-state index in [1.54, 1.807) is 18.2 Å². The zero-order chi connectivity index (χ0) is 20.2. The van der Waals surface area contributed by atoms with Crippen LogP contribution in [0.1, 0.15) is 13.8 Å². The Labute approximate surface area is 155 Å². The predicted molar refractivity (Wildman–Crippen MR) is 96.9 cm³/mol. The van der Waals surface area contributed by atoms with Crippen molar-refractivity contribution in [1.29, 1.82) is 0 Å². The van der Waals surface area contributed by atoms with Crippen LogP contribution in [0.25, 0.3) is 0 Å². The Morgan fingerprint density at radius 2 is 1.33 bits per heavy atom. The standard InChI is InChI=1S/C19H20F2N2O4/c1-19(2,17(24)22-11-5-7-13(20)14(21)9-11)18(25)23-12-6-8-15(26-3)16(10-12)27-4/h5-10H,1-4H3,(H,22,24)(H,23,25). The molecule has 0 heterocycles. The number of hydrogen-bond donors (Lipinski definition) is 2. The van der Waals surface area contributed by atoms with Crippen LogP contribution in [0, 0.1) is 17.0 Å². The maximum Gasteiger partial charge on any atom is 0.239 e. The molecule has 0 saturated heterocycles. The van der Waals surface area contributed by atoms with Crippen LogP contribution < -0.4 is 20.1 Å². The van der Waals surface area contributed by atoms with Gasteiger partial charge < -0.3 is 20.1 Å². The molecule has 2 amide bonds. The van der Waals surface area contributed by atoms with Gasteiger partial charge in [-0.05, 0) is 38.1 Å². The summed E-state index contributed by atoms with van der Waals surface area (Å²) in [5.41, 5.74) is -1.03. The highest BCUT2D eigenvalue weighted by Gasteiger charge is 2.36. The number of hydrogen-bond acceptors (Lipinski definition) is 4. The number of anilines is 2. The van der Waals surface area contributed by atoms with E-state index in [1.165, 1.54) is 34.1 Å². The van der Waals surface area contributed by atoms with Gasteiger partial charge in [0.15, 0.2) is 23.1 Å². The first-order chi connectivity index (χ1) is 12.7. The molecule has 0 aromatic heterocycles. The molecule has 0 saturated carbocycles. The average Bonchev–Trinajstić information content (AvgIpc) is 2.64. The molecule has 6 nitrogen and oxygen atoms in total. The van der Waals surface area contributed by atoms with Gasteiger partial charge in [0.1, 0.15) is 5.41 Å². The largest absolute Gasteiger partial charge is 0.493 e. The second-order valence-electron chi connectivity index (χ2n) is 6.23. The van der Waals surface area contributed by atoms with E-state index in [9.17, 15) is 18.4 Å². The Morgan fingerprint density at radius 1 is 0.815 bits per heavy atom. The van der Waals surface area contributed by atoms with Gasteiger partial charge in [-0.1, -0.05) is 0 Å². The number of methoxy groups -OCH3 is 2. The number of amides is 2. The highest BCUT2D eigenvalue weighted by atomic mass is 19.2. The SMILES string of the molecule is COc1ccc(NC(=O)C(C)(C)C(=O)Nc2ccc(F)c(F)c2)cc1OC. The van der Waals surface area contributed by atoms with E-state index in [4.69, 9.17) is 9.47 Å². The van der Waals surface area contributed by atoms with E-state index >= 15 is 0 Å². The fourth-order valence-electron chi connectivity index (χ4n) is 2.17. The smallest absolute Gasteiger partial charge is 0.239 e. The van der Waals surface area contributed by atoms with Gasteiger partial charge in [-0.2, -0.15) is 0 Å². The summed E-state index contributed by atoms with van der Waals surface area (Å²) in [5, 5.41) is 5.03. The molecule has 8 heteroatoms. The maximum absolute atomic E-state index is 13.3. The number of nitrogens with one attached hydrogen (secondary N) is 2. The van der Waals surface area contributed by atoms with Gasteiger partial charge in [0.2, 0.25) is 11.8 Å². The van der Waals surface area contributed by atoms with Crippen molar-refractivity contribution in [3.05, 3.63) is 48.0 Å². The molecule has 27 heavy (non-hydrogen) atoms. The third-order valence-corrected chi connectivity index (χ3v) is 3.95. The van der Waals surface area contributed by atoms with E-state index in [0.717, 1.165) is 12.1 Å². The summed E-state index contributed by atoms with van der Waals surface area (Å²) in [6, 6.07) is 7.71.